The molecule has 3 aromatic rings. The molecule has 1 fully saturated rings. The van der Waals surface area contributed by atoms with Gasteiger partial charge in [-0.15, -0.1) is 0 Å². The van der Waals surface area contributed by atoms with Gasteiger partial charge in [0.05, 0.1) is 16.7 Å². The summed E-state index contributed by atoms with van der Waals surface area (Å²) >= 11 is 0. The average Bonchev–Trinajstić information content (AvgIpc) is 3.05. The maximum absolute atomic E-state index is 4.60. The highest BCUT2D eigenvalue weighted by molar-refractivity contribution is 5.74. The zero-order valence-electron chi connectivity index (χ0n) is 13.6. The second kappa shape index (κ2) is 6.97. The highest BCUT2D eigenvalue weighted by Gasteiger charge is 2.16. The van der Waals surface area contributed by atoms with Crippen LogP contribution in [0.4, 0.5) is 5.82 Å². The van der Waals surface area contributed by atoms with E-state index in [0.29, 0.717) is 5.92 Å². The molecular weight excluding hydrogens is 300 g/mol. The molecule has 2 aromatic heterocycles. The number of piperidine rings is 1. The number of aromatic amines is 1. The minimum absolute atomic E-state index is 0.498. The highest BCUT2D eigenvalue weighted by Crippen LogP contribution is 2.22. The Morgan fingerprint density at radius 3 is 3.04 bits per heavy atom. The Balaban J connectivity index is 1.37. The molecule has 4 rings (SSSR count). The van der Waals surface area contributed by atoms with Gasteiger partial charge in [0, 0.05) is 31.5 Å². The lowest BCUT2D eigenvalue weighted by atomic mass is 9.96. The first-order chi connectivity index (χ1) is 11.9. The van der Waals surface area contributed by atoms with Crippen LogP contribution in [0.15, 0.2) is 36.7 Å². The Bertz CT molecular complexity index is 773. The molecule has 0 amide bonds. The standard InChI is InChI=1S/C18H22N6/c1-2-6-15-14(5-1)23-17(24-15)7-9-20-18-10-16(21-12-22-18)13-4-3-8-19-11-13/h1-2,5-6,10,12-13,19H,3-4,7-9,11H2,(H,23,24)(H,20,21,22). The predicted molar refractivity (Wildman–Crippen MR) is 95.2 cm³/mol. The minimum atomic E-state index is 0.498. The van der Waals surface area contributed by atoms with Crippen molar-refractivity contribution in [2.24, 2.45) is 0 Å². The third-order valence-corrected chi connectivity index (χ3v) is 4.51. The molecule has 1 saturated heterocycles. The van der Waals surface area contributed by atoms with Gasteiger partial charge in [-0.25, -0.2) is 15.0 Å². The normalized spacial score (nSPS) is 17.9. The van der Waals surface area contributed by atoms with Crippen LogP contribution >= 0.6 is 0 Å². The van der Waals surface area contributed by atoms with Crippen LogP contribution < -0.4 is 10.6 Å². The van der Waals surface area contributed by atoms with Crippen molar-refractivity contribution >= 4 is 16.9 Å². The lowest BCUT2D eigenvalue weighted by molar-refractivity contribution is 0.454. The molecule has 3 N–H and O–H groups in total. The molecule has 3 heterocycles. The molecule has 1 aliphatic rings. The quantitative estimate of drug-likeness (QED) is 0.672. The van der Waals surface area contributed by atoms with Crippen LogP contribution in [0.25, 0.3) is 11.0 Å². The number of hydrogen-bond acceptors (Lipinski definition) is 5. The number of nitrogens with zero attached hydrogens (tertiary/aromatic N) is 3. The van der Waals surface area contributed by atoms with Crippen LogP contribution in [0, 0.1) is 0 Å². The average molecular weight is 322 g/mol. The summed E-state index contributed by atoms with van der Waals surface area (Å²) in [4.78, 5) is 16.7. The number of para-hydroxylation sites is 2. The van der Waals surface area contributed by atoms with Crippen molar-refractivity contribution in [2.45, 2.75) is 25.2 Å². The Labute approximate surface area is 141 Å². The van der Waals surface area contributed by atoms with Gasteiger partial charge < -0.3 is 15.6 Å². The zero-order chi connectivity index (χ0) is 16.2. The summed E-state index contributed by atoms with van der Waals surface area (Å²) in [6.07, 6.45) is 4.90. The number of fused-ring (bicyclic) bond motifs is 1. The van der Waals surface area contributed by atoms with E-state index in [1.807, 2.05) is 24.3 Å². The fourth-order valence-corrected chi connectivity index (χ4v) is 3.23. The number of aromatic nitrogens is 4. The van der Waals surface area contributed by atoms with E-state index in [2.05, 4.69) is 36.6 Å². The molecule has 24 heavy (non-hydrogen) atoms. The molecule has 0 bridgehead atoms. The van der Waals surface area contributed by atoms with Crippen molar-refractivity contribution in [3.63, 3.8) is 0 Å². The SMILES string of the molecule is c1ccc2[nH]c(CCNc3cc(C4CCCNC4)ncn3)nc2c1. The summed E-state index contributed by atoms with van der Waals surface area (Å²) in [5.41, 5.74) is 3.23. The third kappa shape index (κ3) is 3.38. The van der Waals surface area contributed by atoms with Crippen molar-refractivity contribution in [3.05, 3.63) is 48.2 Å². The molecule has 0 saturated carbocycles. The van der Waals surface area contributed by atoms with Crippen LogP contribution in [0.3, 0.4) is 0 Å². The molecule has 1 aromatic carbocycles. The van der Waals surface area contributed by atoms with Crippen molar-refractivity contribution in [1.29, 1.82) is 0 Å². The largest absolute Gasteiger partial charge is 0.370 e. The lowest BCUT2D eigenvalue weighted by Gasteiger charge is -2.22. The van der Waals surface area contributed by atoms with Crippen molar-refractivity contribution in [3.8, 4) is 0 Å². The van der Waals surface area contributed by atoms with E-state index < -0.39 is 0 Å². The Morgan fingerprint density at radius 2 is 2.17 bits per heavy atom. The first-order valence-electron chi connectivity index (χ1n) is 8.58. The van der Waals surface area contributed by atoms with E-state index in [-0.39, 0.29) is 0 Å². The number of imidazole rings is 1. The molecule has 1 aliphatic heterocycles. The van der Waals surface area contributed by atoms with Gasteiger partial charge in [0.15, 0.2) is 0 Å². The molecule has 1 unspecified atom stereocenters. The summed E-state index contributed by atoms with van der Waals surface area (Å²) in [6.45, 7) is 2.92. The van der Waals surface area contributed by atoms with Gasteiger partial charge in [0.25, 0.3) is 0 Å². The van der Waals surface area contributed by atoms with Gasteiger partial charge in [0.1, 0.15) is 18.0 Å². The first-order valence-corrected chi connectivity index (χ1v) is 8.58. The smallest absolute Gasteiger partial charge is 0.129 e. The molecule has 0 aliphatic carbocycles. The summed E-state index contributed by atoms with van der Waals surface area (Å²) in [6, 6.07) is 10.2. The third-order valence-electron chi connectivity index (χ3n) is 4.51. The molecule has 124 valence electrons. The number of benzene rings is 1. The number of H-pyrrole nitrogens is 1. The topological polar surface area (TPSA) is 78.5 Å². The molecular formula is C18H22N6. The second-order valence-corrected chi connectivity index (χ2v) is 6.25. The van der Waals surface area contributed by atoms with Gasteiger partial charge >= 0.3 is 0 Å². The maximum atomic E-state index is 4.60. The van der Waals surface area contributed by atoms with E-state index in [1.54, 1.807) is 6.33 Å². The monoisotopic (exact) mass is 322 g/mol. The van der Waals surface area contributed by atoms with E-state index in [1.165, 1.54) is 12.8 Å². The number of anilines is 1. The van der Waals surface area contributed by atoms with Crippen molar-refractivity contribution < 1.29 is 0 Å². The summed E-state index contributed by atoms with van der Waals surface area (Å²) < 4.78 is 0. The molecule has 6 nitrogen and oxygen atoms in total. The van der Waals surface area contributed by atoms with Crippen LogP contribution in [-0.2, 0) is 6.42 Å². The number of nitrogens with one attached hydrogen (secondary N) is 3. The van der Waals surface area contributed by atoms with Gasteiger partial charge in [-0.1, -0.05) is 12.1 Å². The van der Waals surface area contributed by atoms with E-state index in [0.717, 1.165) is 54.4 Å². The van der Waals surface area contributed by atoms with Gasteiger partial charge in [-0.2, -0.15) is 0 Å². The predicted octanol–water partition coefficient (Wildman–Crippen LogP) is 2.47. The Hall–Kier alpha value is -2.47. The van der Waals surface area contributed by atoms with E-state index >= 15 is 0 Å². The summed E-state index contributed by atoms with van der Waals surface area (Å²) in [5.74, 6) is 2.38. The van der Waals surface area contributed by atoms with Crippen LogP contribution in [0.1, 0.15) is 30.3 Å². The fraction of sp³-hybridized carbons (Fsp3) is 0.389. The fourth-order valence-electron chi connectivity index (χ4n) is 3.23. The highest BCUT2D eigenvalue weighted by atomic mass is 15.0. The number of hydrogen-bond donors (Lipinski definition) is 3. The van der Waals surface area contributed by atoms with Crippen molar-refractivity contribution in [1.82, 2.24) is 25.3 Å². The summed E-state index contributed by atoms with van der Waals surface area (Å²) in [5, 5.41) is 6.82. The van der Waals surface area contributed by atoms with Gasteiger partial charge in [-0.3, -0.25) is 0 Å². The van der Waals surface area contributed by atoms with Crippen LogP contribution in [0.5, 0.6) is 0 Å². The zero-order valence-corrected chi connectivity index (χ0v) is 13.6. The molecule has 6 heteroatoms. The minimum Gasteiger partial charge on any atom is -0.370 e. The summed E-state index contributed by atoms with van der Waals surface area (Å²) in [7, 11) is 0. The van der Waals surface area contributed by atoms with Gasteiger partial charge in [-0.05, 0) is 31.5 Å². The second-order valence-electron chi connectivity index (χ2n) is 6.25. The van der Waals surface area contributed by atoms with E-state index in [9.17, 15) is 0 Å². The van der Waals surface area contributed by atoms with Crippen molar-refractivity contribution in [2.75, 3.05) is 25.0 Å². The van der Waals surface area contributed by atoms with Crippen LogP contribution in [0.2, 0.25) is 0 Å². The Kier molecular flexibility index (Phi) is 4.38. The maximum Gasteiger partial charge on any atom is 0.129 e. The molecule has 0 spiro atoms. The van der Waals surface area contributed by atoms with Gasteiger partial charge in [0.2, 0.25) is 0 Å². The number of rotatable bonds is 5. The molecule has 0 radical (unpaired) electrons. The van der Waals surface area contributed by atoms with Crippen LogP contribution in [-0.4, -0.2) is 39.6 Å². The molecule has 1 atom stereocenters. The lowest BCUT2D eigenvalue weighted by Crippen LogP contribution is -2.28. The first kappa shape index (κ1) is 15.1. The van der Waals surface area contributed by atoms with E-state index in [4.69, 9.17) is 0 Å². The Morgan fingerprint density at radius 1 is 1.21 bits per heavy atom.